The second-order valence-electron chi connectivity index (χ2n) is 5.72. The lowest BCUT2D eigenvalue weighted by molar-refractivity contribution is -0.138. The van der Waals surface area contributed by atoms with Crippen molar-refractivity contribution in [2.75, 3.05) is 32.7 Å². The Morgan fingerprint density at radius 1 is 1.05 bits per heavy atom. The SMILES string of the molecule is O=C(O)CC1CCN(C(=O)CCN2CCCC2)CC1. The summed E-state index contributed by atoms with van der Waals surface area (Å²) in [5, 5.41) is 8.76. The van der Waals surface area contributed by atoms with E-state index in [1.54, 1.807) is 0 Å². The van der Waals surface area contributed by atoms with Gasteiger partial charge in [0, 0.05) is 32.5 Å². The van der Waals surface area contributed by atoms with E-state index in [0.29, 0.717) is 6.42 Å². The van der Waals surface area contributed by atoms with Crippen molar-refractivity contribution in [3.63, 3.8) is 0 Å². The Bertz CT molecular complexity index is 319. The minimum absolute atomic E-state index is 0.237. The Balaban J connectivity index is 1.65. The van der Waals surface area contributed by atoms with Crippen molar-refractivity contribution in [3.05, 3.63) is 0 Å². The second-order valence-corrected chi connectivity index (χ2v) is 5.72. The Morgan fingerprint density at radius 3 is 2.26 bits per heavy atom. The van der Waals surface area contributed by atoms with Crippen molar-refractivity contribution < 1.29 is 14.7 Å². The Morgan fingerprint density at radius 2 is 1.68 bits per heavy atom. The monoisotopic (exact) mass is 268 g/mol. The second kappa shape index (κ2) is 6.89. The lowest BCUT2D eigenvalue weighted by atomic mass is 9.93. The van der Waals surface area contributed by atoms with E-state index in [2.05, 4.69) is 4.90 Å². The van der Waals surface area contributed by atoms with Crippen molar-refractivity contribution >= 4 is 11.9 Å². The van der Waals surface area contributed by atoms with E-state index < -0.39 is 5.97 Å². The molecule has 2 saturated heterocycles. The number of nitrogens with zero attached hydrogens (tertiary/aromatic N) is 2. The molecule has 0 aliphatic carbocycles. The minimum atomic E-state index is -0.723. The highest BCUT2D eigenvalue weighted by molar-refractivity contribution is 5.76. The molecule has 0 aromatic carbocycles. The summed E-state index contributed by atoms with van der Waals surface area (Å²) in [6, 6.07) is 0. The summed E-state index contributed by atoms with van der Waals surface area (Å²) in [6.07, 6.45) is 5.05. The predicted octanol–water partition coefficient (Wildman–Crippen LogP) is 1.19. The van der Waals surface area contributed by atoms with Crippen molar-refractivity contribution in [1.29, 1.82) is 0 Å². The molecule has 0 unspecified atom stereocenters. The molecule has 0 bridgehead atoms. The van der Waals surface area contributed by atoms with E-state index in [-0.39, 0.29) is 18.2 Å². The van der Waals surface area contributed by atoms with Crippen molar-refractivity contribution in [1.82, 2.24) is 9.80 Å². The first kappa shape index (κ1) is 14.3. The van der Waals surface area contributed by atoms with Gasteiger partial charge in [0.25, 0.3) is 0 Å². The molecule has 0 aromatic heterocycles. The molecular formula is C14H24N2O3. The highest BCUT2D eigenvalue weighted by Gasteiger charge is 2.24. The van der Waals surface area contributed by atoms with Crippen LogP contribution in [0.1, 0.15) is 38.5 Å². The van der Waals surface area contributed by atoms with E-state index >= 15 is 0 Å². The number of likely N-dealkylation sites (tertiary alicyclic amines) is 2. The third-order valence-corrected chi connectivity index (χ3v) is 4.27. The van der Waals surface area contributed by atoms with Gasteiger partial charge in [-0.1, -0.05) is 0 Å². The average Bonchev–Trinajstić information content (AvgIpc) is 2.89. The quantitative estimate of drug-likeness (QED) is 0.813. The predicted molar refractivity (Wildman–Crippen MR) is 71.8 cm³/mol. The molecule has 1 amide bonds. The van der Waals surface area contributed by atoms with E-state index in [1.807, 2.05) is 4.90 Å². The number of carbonyl (C=O) groups is 2. The van der Waals surface area contributed by atoms with Crippen LogP contribution in [0.5, 0.6) is 0 Å². The summed E-state index contributed by atoms with van der Waals surface area (Å²) in [4.78, 5) is 27.0. The van der Waals surface area contributed by atoms with Crippen LogP contribution in [0, 0.1) is 5.92 Å². The molecule has 2 aliphatic heterocycles. The zero-order valence-corrected chi connectivity index (χ0v) is 11.5. The van der Waals surface area contributed by atoms with Gasteiger partial charge >= 0.3 is 5.97 Å². The number of piperidine rings is 1. The van der Waals surface area contributed by atoms with Crippen LogP contribution in [0.4, 0.5) is 0 Å². The first-order valence-corrected chi connectivity index (χ1v) is 7.37. The number of amides is 1. The molecule has 19 heavy (non-hydrogen) atoms. The van der Waals surface area contributed by atoms with Gasteiger partial charge in [0.05, 0.1) is 0 Å². The van der Waals surface area contributed by atoms with Gasteiger partial charge in [0.15, 0.2) is 0 Å². The fourth-order valence-corrected chi connectivity index (χ4v) is 3.05. The molecule has 2 aliphatic rings. The van der Waals surface area contributed by atoms with Gasteiger partial charge < -0.3 is 14.9 Å². The van der Waals surface area contributed by atoms with Gasteiger partial charge in [-0.25, -0.2) is 0 Å². The summed E-state index contributed by atoms with van der Waals surface area (Å²) in [5.74, 6) is -0.236. The molecule has 108 valence electrons. The number of carboxylic acid groups (broad SMARTS) is 1. The van der Waals surface area contributed by atoms with E-state index in [4.69, 9.17) is 5.11 Å². The molecular weight excluding hydrogens is 244 g/mol. The fraction of sp³-hybridized carbons (Fsp3) is 0.857. The fourth-order valence-electron chi connectivity index (χ4n) is 3.05. The van der Waals surface area contributed by atoms with Gasteiger partial charge in [0.2, 0.25) is 5.91 Å². The largest absolute Gasteiger partial charge is 0.481 e. The number of aliphatic carboxylic acids is 1. The topological polar surface area (TPSA) is 60.9 Å². The summed E-state index contributed by atoms with van der Waals surface area (Å²) in [6.45, 7) is 4.61. The van der Waals surface area contributed by atoms with Gasteiger partial charge in [-0.3, -0.25) is 9.59 Å². The van der Waals surface area contributed by atoms with Crippen LogP contribution in [0.2, 0.25) is 0 Å². The molecule has 0 atom stereocenters. The number of carbonyl (C=O) groups excluding carboxylic acids is 1. The first-order chi connectivity index (χ1) is 9.15. The standard InChI is InChI=1S/C14H24N2O3/c17-13(5-8-15-6-1-2-7-15)16-9-3-12(4-10-16)11-14(18)19/h12H,1-11H2,(H,18,19). The lowest BCUT2D eigenvalue weighted by Gasteiger charge is -2.31. The molecule has 2 fully saturated rings. The molecule has 2 heterocycles. The maximum absolute atomic E-state index is 12.1. The molecule has 0 spiro atoms. The molecule has 5 heteroatoms. The highest BCUT2D eigenvalue weighted by atomic mass is 16.4. The zero-order valence-electron chi connectivity index (χ0n) is 11.5. The molecule has 0 aromatic rings. The van der Waals surface area contributed by atoms with Crippen molar-refractivity contribution in [2.45, 2.75) is 38.5 Å². The van der Waals surface area contributed by atoms with Crippen LogP contribution < -0.4 is 0 Å². The maximum atomic E-state index is 12.1. The summed E-state index contributed by atoms with van der Waals surface area (Å²) in [7, 11) is 0. The molecule has 0 radical (unpaired) electrons. The minimum Gasteiger partial charge on any atom is -0.481 e. The first-order valence-electron chi connectivity index (χ1n) is 7.37. The van der Waals surface area contributed by atoms with Crippen LogP contribution in [-0.4, -0.2) is 59.5 Å². The van der Waals surface area contributed by atoms with Gasteiger partial charge in [-0.15, -0.1) is 0 Å². The zero-order chi connectivity index (χ0) is 13.7. The molecule has 0 saturated carbocycles. The third-order valence-electron chi connectivity index (χ3n) is 4.27. The molecule has 2 rings (SSSR count). The summed E-state index contributed by atoms with van der Waals surface area (Å²) in [5.41, 5.74) is 0. The van der Waals surface area contributed by atoms with Crippen LogP contribution in [0.3, 0.4) is 0 Å². The van der Waals surface area contributed by atoms with Crippen LogP contribution >= 0.6 is 0 Å². The van der Waals surface area contributed by atoms with Crippen LogP contribution in [0.25, 0.3) is 0 Å². The molecule has 1 N–H and O–H groups in total. The summed E-state index contributed by atoms with van der Waals surface area (Å²) < 4.78 is 0. The third kappa shape index (κ3) is 4.49. The molecule has 5 nitrogen and oxygen atoms in total. The Labute approximate surface area is 114 Å². The maximum Gasteiger partial charge on any atom is 0.303 e. The number of rotatable bonds is 5. The number of carboxylic acids is 1. The van der Waals surface area contributed by atoms with Gasteiger partial charge in [0.1, 0.15) is 0 Å². The van der Waals surface area contributed by atoms with E-state index in [9.17, 15) is 9.59 Å². The smallest absolute Gasteiger partial charge is 0.303 e. The number of hydrogen-bond donors (Lipinski definition) is 1. The summed E-state index contributed by atoms with van der Waals surface area (Å²) >= 11 is 0. The van der Waals surface area contributed by atoms with E-state index in [1.165, 1.54) is 12.8 Å². The van der Waals surface area contributed by atoms with E-state index in [0.717, 1.165) is 45.6 Å². The van der Waals surface area contributed by atoms with Crippen molar-refractivity contribution in [2.24, 2.45) is 5.92 Å². The highest BCUT2D eigenvalue weighted by Crippen LogP contribution is 2.21. The Kier molecular flexibility index (Phi) is 5.19. The Hall–Kier alpha value is -1.10. The van der Waals surface area contributed by atoms with Crippen molar-refractivity contribution in [3.8, 4) is 0 Å². The van der Waals surface area contributed by atoms with Gasteiger partial charge in [-0.2, -0.15) is 0 Å². The normalized spacial score (nSPS) is 21.8. The average molecular weight is 268 g/mol. The van der Waals surface area contributed by atoms with Crippen LogP contribution in [0.15, 0.2) is 0 Å². The van der Waals surface area contributed by atoms with Crippen LogP contribution in [-0.2, 0) is 9.59 Å². The number of hydrogen-bond acceptors (Lipinski definition) is 3. The van der Waals surface area contributed by atoms with Gasteiger partial charge in [-0.05, 0) is 44.7 Å². The lowest BCUT2D eigenvalue weighted by Crippen LogP contribution is -2.40.